The van der Waals surface area contributed by atoms with Crippen LogP contribution in [0.1, 0.15) is 41.0 Å². The van der Waals surface area contributed by atoms with Gasteiger partial charge >= 0.3 is 0 Å². The van der Waals surface area contributed by atoms with Gasteiger partial charge in [-0.2, -0.15) is 11.8 Å². The van der Waals surface area contributed by atoms with Crippen LogP contribution in [0, 0.1) is 0 Å². The summed E-state index contributed by atoms with van der Waals surface area (Å²) in [6.07, 6.45) is 3.39. The first-order valence-electron chi connectivity index (χ1n) is 6.24. The number of rotatable bonds is 7. The fourth-order valence-corrected chi connectivity index (χ4v) is 2.37. The van der Waals surface area contributed by atoms with Crippen LogP contribution >= 0.6 is 11.8 Å². The van der Waals surface area contributed by atoms with E-state index >= 15 is 0 Å². The number of thioether (sulfide) groups is 1. The van der Waals surface area contributed by atoms with Crippen molar-refractivity contribution in [1.82, 2.24) is 10.2 Å². The second-order valence-electron chi connectivity index (χ2n) is 5.78. The Labute approximate surface area is 107 Å². The Morgan fingerprint density at radius 2 is 1.75 bits per heavy atom. The smallest absolute Gasteiger partial charge is 0.0157 e. The first-order chi connectivity index (χ1) is 7.28. The largest absolute Gasteiger partial charge is 0.312 e. The molecule has 0 rings (SSSR count). The maximum absolute atomic E-state index is 3.55. The lowest BCUT2D eigenvalue weighted by Crippen LogP contribution is -2.42. The van der Waals surface area contributed by atoms with Gasteiger partial charge in [0.25, 0.3) is 0 Å². The average molecular weight is 246 g/mol. The molecular formula is C13H30N2S. The van der Waals surface area contributed by atoms with Crippen molar-refractivity contribution in [2.45, 2.75) is 58.7 Å². The van der Waals surface area contributed by atoms with Crippen LogP contribution in [0.2, 0.25) is 0 Å². The monoisotopic (exact) mass is 246 g/mol. The Kier molecular flexibility index (Phi) is 7.70. The van der Waals surface area contributed by atoms with E-state index in [1.807, 2.05) is 11.8 Å². The van der Waals surface area contributed by atoms with Crippen molar-refractivity contribution in [2.75, 3.05) is 25.6 Å². The maximum atomic E-state index is 3.55. The van der Waals surface area contributed by atoms with E-state index < -0.39 is 0 Å². The molecule has 0 aromatic carbocycles. The van der Waals surface area contributed by atoms with Gasteiger partial charge in [0, 0.05) is 23.4 Å². The van der Waals surface area contributed by atoms with Gasteiger partial charge in [-0.15, -0.1) is 0 Å². The summed E-state index contributed by atoms with van der Waals surface area (Å²) >= 11 is 1.93. The summed E-state index contributed by atoms with van der Waals surface area (Å²) in [5.74, 6) is 1.22. The zero-order valence-corrected chi connectivity index (χ0v) is 12.9. The lowest BCUT2D eigenvalue weighted by atomic mass is 10.1. The normalized spacial score (nSPS) is 16.5. The molecule has 0 aliphatic heterocycles. The average Bonchev–Trinajstić information content (AvgIpc) is 2.14. The summed E-state index contributed by atoms with van der Waals surface area (Å²) in [4.78, 5) is 2.49. The lowest BCUT2D eigenvalue weighted by Gasteiger charge is -2.31. The molecule has 0 aromatic rings. The van der Waals surface area contributed by atoms with Gasteiger partial charge in [0.05, 0.1) is 0 Å². The molecule has 0 aliphatic carbocycles. The molecule has 0 bridgehead atoms. The minimum absolute atomic E-state index is 0.239. The quantitative estimate of drug-likeness (QED) is 0.743. The minimum Gasteiger partial charge on any atom is -0.312 e. The molecule has 0 aromatic heterocycles. The molecule has 1 N–H and O–H groups in total. The molecule has 0 spiro atoms. The number of hydrogen-bond donors (Lipinski definition) is 1. The Morgan fingerprint density at radius 1 is 1.19 bits per heavy atom. The van der Waals surface area contributed by atoms with Crippen LogP contribution < -0.4 is 5.32 Å². The van der Waals surface area contributed by atoms with E-state index in [0.29, 0.717) is 12.1 Å². The van der Waals surface area contributed by atoms with Crippen LogP contribution in [-0.2, 0) is 0 Å². The van der Waals surface area contributed by atoms with E-state index in [4.69, 9.17) is 0 Å². The standard InChI is InChI=1S/C13H30N2S/c1-11(8-9-14-13(3,4)5)15(6)12(2)10-16-7/h11-12,14H,8-10H2,1-7H3. The molecule has 0 amide bonds. The molecule has 2 atom stereocenters. The first kappa shape index (κ1) is 16.3. The molecule has 98 valence electrons. The van der Waals surface area contributed by atoms with Crippen molar-refractivity contribution in [2.24, 2.45) is 0 Å². The molecule has 0 aliphatic rings. The molecule has 0 saturated heterocycles. The van der Waals surface area contributed by atoms with E-state index in [0.717, 1.165) is 6.54 Å². The fraction of sp³-hybridized carbons (Fsp3) is 1.00. The number of nitrogens with zero attached hydrogens (tertiary/aromatic N) is 1. The molecule has 0 fully saturated rings. The van der Waals surface area contributed by atoms with E-state index in [9.17, 15) is 0 Å². The van der Waals surface area contributed by atoms with Gasteiger partial charge in [0.15, 0.2) is 0 Å². The van der Waals surface area contributed by atoms with Crippen molar-refractivity contribution in [3.05, 3.63) is 0 Å². The topological polar surface area (TPSA) is 15.3 Å². The van der Waals surface area contributed by atoms with Crippen molar-refractivity contribution < 1.29 is 0 Å². The van der Waals surface area contributed by atoms with Crippen molar-refractivity contribution in [1.29, 1.82) is 0 Å². The number of nitrogens with one attached hydrogen (secondary N) is 1. The molecule has 0 radical (unpaired) electrons. The van der Waals surface area contributed by atoms with Crippen LogP contribution in [0.3, 0.4) is 0 Å². The van der Waals surface area contributed by atoms with Crippen LogP contribution in [-0.4, -0.2) is 48.1 Å². The fourth-order valence-electron chi connectivity index (χ4n) is 1.65. The summed E-state index contributed by atoms with van der Waals surface area (Å²) < 4.78 is 0. The predicted molar refractivity (Wildman–Crippen MR) is 77.4 cm³/mol. The summed E-state index contributed by atoms with van der Waals surface area (Å²) in [6.45, 7) is 12.4. The zero-order valence-electron chi connectivity index (χ0n) is 12.1. The van der Waals surface area contributed by atoms with E-state index in [1.165, 1.54) is 12.2 Å². The van der Waals surface area contributed by atoms with E-state index in [1.54, 1.807) is 0 Å². The highest BCUT2D eigenvalue weighted by molar-refractivity contribution is 7.98. The summed E-state index contributed by atoms with van der Waals surface area (Å²) in [6, 6.07) is 1.32. The van der Waals surface area contributed by atoms with Crippen LogP contribution in [0.4, 0.5) is 0 Å². The second-order valence-corrected chi connectivity index (χ2v) is 6.69. The van der Waals surface area contributed by atoms with Gasteiger partial charge in [0.1, 0.15) is 0 Å². The van der Waals surface area contributed by atoms with Crippen molar-refractivity contribution >= 4 is 11.8 Å². The molecular weight excluding hydrogens is 216 g/mol. The summed E-state index contributed by atoms with van der Waals surface area (Å²) in [5.41, 5.74) is 0.239. The summed E-state index contributed by atoms with van der Waals surface area (Å²) in [5, 5.41) is 3.55. The van der Waals surface area contributed by atoms with E-state index in [2.05, 4.69) is 58.1 Å². The predicted octanol–water partition coefficient (Wildman–Crippen LogP) is 2.84. The molecule has 0 saturated carbocycles. The van der Waals surface area contributed by atoms with Crippen LogP contribution in [0.25, 0.3) is 0 Å². The van der Waals surface area contributed by atoms with Crippen molar-refractivity contribution in [3.63, 3.8) is 0 Å². The molecule has 2 nitrogen and oxygen atoms in total. The summed E-state index contributed by atoms with van der Waals surface area (Å²) in [7, 11) is 2.24. The second kappa shape index (κ2) is 7.57. The van der Waals surface area contributed by atoms with Crippen molar-refractivity contribution in [3.8, 4) is 0 Å². The zero-order chi connectivity index (χ0) is 12.8. The third kappa shape index (κ3) is 7.53. The third-order valence-electron chi connectivity index (χ3n) is 3.02. The lowest BCUT2D eigenvalue weighted by molar-refractivity contribution is 0.198. The van der Waals surface area contributed by atoms with Crippen LogP contribution in [0.5, 0.6) is 0 Å². The first-order valence-corrected chi connectivity index (χ1v) is 7.63. The number of hydrogen-bond acceptors (Lipinski definition) is 3. The Morgan fingerprint density at radius 3 is 2.19 bits per heavy atom. The maximum Gasteiger partial charge on any atom is 0.0157 e. The van der Waals surface area contributed by atoms with Gasteiger partial charge in [-0.25, -0.2) is 0 Å². The minimum atomic E-state index is 0.239. The molecule has 2 unspecified atom stereocenters. The van der Waals surface area contributed by atoms with Gasteiger partial charge in [-0.3, -0.25) is 0 Å². The van der Waals surface area contributed by atoms with E-state index in [-0.39, 0.29) is 5.54 Å². The SMILES string of the molecule is CSCC(C)N(C)C(C)CCNC(C)(C)C. The molecule has 16 heavy (non-hydrogen) atoms. The molecule has 3 heteroatoms. The Balaban J connectivity index is 3.83. The van der Waals surface area contributed by atoms with Gasteiger partial charge in [0.2, 0.25) is 0 Å². The highest BCUT2D eigenvalue weighted by atomic mass is 32.2. The van der Waals surface area contributed by atoms with Gasteiger partial charge in [-0.1, -0.05) is 0 Å². The molecule has 0 heterocycles. The van der Waals surface area contributed by atoms with Gasteiger partial charge in [-0.05, 0) is 60.9 Å². The third-order valence-corrected chi connectivity index (χ3v) is 3.83. The Bertz CT molecular complexity index is 177. The highest BCUT2D eigenvalue weighted by Gasteiger charge is 2.16. The van der Waals surface area contributed by atoms with Crippen LogP contribution in [0.15, 0.2) is 0 Å². The highest BCUT2D eigenvalue weighted by Crippen LogP contribution is 2.10. The van der Waals surface area contributed by atoms with Gasteiger partial charge < -0.3 is 10.2 Å². The Hall–Kier alpha value is 0.270.